The van der Waals surface area contributed by atoms with Crippen LogP contribution in [-0.2, 0) is 9.53 Å². The van der Waals surface area contributed by atoms with Gasteiger partial charge in [0.05, 0.1) is 24.3 Å². The molecule has 0 saturated carbocycles. The largest absolute Gasteiger partial charge is 0.466 e. The minimum Gasteiger partial charge on any atom is -0.466 e. The Morgan fingerprint density at radius 2 is 1.89 bits per heavy atom. The topological polar surface area (TPSA) is 44.8 Å². The fraction of sp³-hybridized carbons (Fsp3) is 0.474. The number of rotatable bonds is 7. The van der Waals surface area contributed by atoms with Crippen LogP contribution >= 0.6 is 12.2 Å². The van der Waals surface area contributed by atoms with Gasteiger partial charge in [0.15, 0.2) is 5.11 Å². The van der Waals surface area contributed by atoms with E-state index in [0.717, 1.165) is 31.8 Å². The number of thiocarbonyl (C=S) groups is 1. The number of carbonyl (C=O) groups excluding carboxylic acids is 1. The van der Waals surface area contributed by atoms with Crippen molar-refractivity contribution in [1.82, 2.24) is 15.1 Å². The Bertz CT molecular complexity index is 730. The SMILES string of the molecule is CCN(CC)CCN1C(=S)N[C@H](c2c(F)cccc2F)C(C(=O)OC)=C1C. The molecule has 1 heterocycles. The van der Waals surface area contributed by atoms with Crippen LogP contribution in [0.25, 0.3) is 0 Å². The minimum absolute atomic E-state index is 0.148. The molecular weight excluding hydrogens is 372 g/mol. The van der Waals surface area contributed by atoms with Gasteiger partial charge in [-0.25, -0.2) is 13.6 Å². The molecule has 0 saturated heterocycles. The summed E-state index contributed by atoms with van der Waals surface area (Å²) in [6, 6.07) is 2.54. The van der Waals surface area contributed by atoms with Crippen LogP contribution in [0.1, 0.15) is 32.4 Å². The van der Waals surface area contributed by atoms with Crippen molar-refractivity contribution in [3.63, 3.8) is 0 Å². The number of benzene rings is 1. The number of nitrogens with zero attached hydrogens (tertiary/aromatic N) is 2. The first-order valence-corrected chi connectivity index (χ1v) is 9.29. The van der Waals surface area contributed by atoms with Crippen LogP contribution in [0.3, 0.4) is 0 Å². The zero-order valence-electron chi connectivity index (χ0n) is 16.0. The number of allylic oxidation sites excluding steroid dienone is 1. The number of likely N-dealkylation sites (N-methyl/N-ethyl adjacent to an activating group) is 1. The van der Waals surface area contributed by atoms with Crippen LogP contribution in [-0.4, -0.2) is 54.2 Å². The van der Waals surface area contributed by atoms with Gasteiger partial charge in [-0.3, -0.25) is 0 Å². The van der Waals surface area contributed by atoms with Crippen molar-refractivity contribution in [2.45, 2.75) is 26.8 Å². The molecule has 27 heavy (non-hydrogen) atoms. The van der Waals surface area contributed by atoms with Gasteiger partial charge < -0.3 is 19.9 Å². The van der Waals surface area contributed by atoms with Gasteiger partial charge in [-0.15, -0.1) is 0 Å². The Balaban J connectivity index is 2.47. The monoisotopic (exact) mass is 397 g/mol. The fourth-order valence-corrected chi connectivity index (χ4v) is 3.56. The quantitative estimate of drug-likeness (QED) is 0.564. The first kappa shape index (κ1) is 21.2. The fourth-order valence-electron chi connectivity index (χ4n) is 3.21. The average molecular weight is 397 g/mol. The smallest absolute Gasteiger partial charge is 0.337 e. The molecule has 0 unspecified atom stereocenters. The Labute approximate surface area is 164 Å². The third-order valence-corrected chi connectivity index (χ3v) is 5.16. The molecule has 0 amide bonds. The molecule has 0 radical (unpaired) electrons. The number of esters is 1. The van der Waals surface area contributed by atoms with Gasteiger partial charge in [-0.2, -0.15) is 0 Å². The van der Waals surface area contributed by atoms with Gasteiger partial charge in [0.25, 0.3) is 0 Å². The highest BCUT2D eigenvalue weighted by molar-refractivity contribution is 7.80. The van der Waals surface area contributed by atoms with Crippen LogP contribution in [0.4, 0.5) is 8.78 Å². The zero-order valence-corrected chi connectivity index (χ0v) is 16.8. The van der Waals surface area contributed by atoms with Gasteiger partial charge in [-0.05, 0) is 44.4 Å². The molecule has 148 valence electrons. The van der Waals surface area contributed by atoms with Gasteiger partial charge >= 0.3 is 5.97 Å². The van der Waals surface area contributed by atoms with Crippen molar-refractivity contribution in [1.29, 1.82) is 0 Å². The van der Waals surface area contributed by atoms with E-state index in [1.165, 1.54) is 13.2 Å². The Hall–Kier alpha value is -2.06. The third-order valence-electron chi connectivity index (χ3n) is 4.82. The molecule has 0 aromatic heterocycles. The van der Waals surface area contributed by atoms with E-state index in [0.29, 0.717) is 17.4 Å². The summed E-state index contributed by atoms with van der Waals surface area (Å²) in [5.74, 6) is -2.15. The van der Waals surface area contributed by atoms with E-state index in [4.69, 9.17) is 17.0 Å². The molecule has 0 fully saturated rings. The summed E-state index contributed by atoms with van der Waals surface area (Å²) in [6.07, 6.45) is 0. The molecular formula is C19H25F2N3O2S. The Kier molecular flexibility index (Phi) is 7.26. The number of hydrogen-bond donors (Lipinski definition) is 1. The van der Waals surface area contributed by atoms with Gasteiger partial charge in [0.2, 0.25) is 0 Å². The molecule has 5 nitrogen and oxygen atoms in total. The summed E-state index contributed by atoms with van der Waals surface area (Å²) in [4.78, 5) is 16.4. The number of hydrogen-bond acceptors (Lipinski definition) is 4. The molecule has 2 rings (SSSR count). The second-order valence-corrected chi connectivity index (χ2v) is 6.57. The molecule has 1 N–H and O–H groups in total. The summed E-state index contributed by atoms with van der Waals surface area (Å²) in [5.41, 5.74) is 0.433. The van der Waals surface area contributed by atoms with E-state index in [1.807, 2.05) is 0 Å². The number of halogens is 2. The highest BCUT2D eigenvalue weighted by Crippen LogP contribution is 2.33. The summed E-state index contributed by atoms with van der Waals surface area (Å²) in [6.45, 7) is 8.91. The second kappa shape index (κ2) is 9.23. The summed E-state index contributed by atoms with van der Waals surface area (Å²) in [5, 5.41) is 3.24. The molecule has 1 aromatic rings. The average Bonchev–Trinajstić information content (AvgIpc) is 2.64. The van der Waals surface area contributed by atoms with Crippen molar-refractivity contribution < 1.29 is 18.3 Å². The lowest BCUT2D eigenvalue weighted by Gasteiger charge is -2.38. The minimum atomic E-state index is -1.05. The molecule has 8 heteroatoms. The summed E-state index contributed by atoms with van der Waals surface area (Å²) in [7, 11) is 1.24. The van der Waals surface area contributed by atoms with Crippen molar-refractivity contribution >= 4 is 23.3 Å². The third kappa shape index (κ3) is 4.44. The summed E-state index contributed by atoms with van der Waals surface area (Å²) >= 11 is 5.43. The van der Waals surface area contributed by atoms with E-state index in [-0.39, 0.29) is 11.1 Å². The molecule has 1 aromatic carbocycles. The van der Waals surface area contributed by atoms with Gasteiger partial charge in [0, 0.05) is 18.8 Å². The van der Waals surface area contributed by atoms with Crippen LogP contribution in [0.5, 0.6) is 0 Å². The predicted octanol–water partition coefficient (Wildman–Crippen LogP) is 2.98. The molecule has 1 aliphatic heterocycles. The normalized spacial score (nSPS) is 17.4. The Morgan fingerprint density at radius 3 is 2.41 bits per heavy atom. The van der Waals surface area contributed by atoms with Crippen molar-refractivity contribution in [2.24, 2.45) is 0 Å². The lowest BCUT2D eigenvalue weighted by molar-refractivity contribution is -0.136. The molecule has 0 bridgehead atoms. The maximum atomic E-state index is 14.4. The van der Waals surface area contributed by atoms with Gasteiger partial charge in [0.1, 0.15) is 11.6 Å². The first-order valence-electron chi connectivity index (χ1n) is 8.88. The molecule has 1 atom stereocenters. The summed E-state index contributed by atoms with van der Waals surface area (Å²) < 4.78 is 33.6. The van der Waals surface area contributed by atoms with Crippen molar-refractivity contribution in [3.8, 4) is 0 Å². The highest BCUT2D eigenvalue weighted by atomic mass is 32.1. The predicted molar refractivity (Wildman–Crippen MR) is 104 cm³/mol. The van der Waals surface area contributed by atoms with E-state index in [9.17, 15) is 13.6 Å². The van der Waals surface area contributed by atoms with E-state index in [1.54, 1.807) is 11.8 Å². The molecule has 1 aliphatic rings. The van der Waals surface area contributed by atoms with E-state index in [2.05, 4.69) is 24.1 Å². The molecule has 0 aliphatic carbocycles. The standard InChI is InChI=1S/C19H25F2N3O2S/c1-5-23(6-2)10-11-24-12(3)15(18(25)26-4)17(22-19(24)27)16-13(20)8-7-9-14(16)21/h7-9,17H,5-6,10-11H2,1-4H3,(H,22,27)/t17-/m0/s1. The van der Waals surface area contributed by atoms with Crippen molar-refractivity contribution in [3.05, 3.63) is 46.7 Å². The number of ether oxygens (including phenoxy) is 1. The molecule has 0 spiro atoms. The lowest BCUT2D eigenvalue weighted by atomic mass is 9.94. The van der Waals surface area contributed by atoms with E-state index >= 15 is 0 Å². The number of methoxy groups -OCH3 is 1. The van der Waals surface area contributed by atoms with Crippen LogP contribution < -0.4 is 5.32 Å². The Morgan fingerprint density at radius 1 is 1.30 bits per heavy atom. The highest BCUT2D eigenvalue weighted by Gasteiger charge is 2.37. The lowest BCUT2D eigenvalue weighted by Crippen LogP contribution is -2.50. The number of nitrogens with one attached hydrogen (secondary N) is 1. The maximum absolute atomic E-state index is 14.4. The van der Waals surface area contributed by atoms with Crippen LogP contribution in [0.2, 0.25) is 0 Å². The van der Waals surface area contributed by atoms with Crippen LogP contribution in [0.15, 0.2) is 29.5 Å². The first-order chi connectivity index (χ1) is 12.8. The zero-order chi connectivity index (χ0) is 20.1. The van der Waals surface area contributed by atoms with Crippen molar-refractivity contribution in [2.75, 3.05) is 33.3 Å². The van der Waals surface area contributed by atoms with Gasteiger partial charge in [-0.1, -0.05) is 19.9 Å². The number of carbonyl (C=O) groups is 1. The second-order valence-electron chi connectivity index (χ2n) is 6.19. The van der Waals surface area contributed by atoms with Crippen LogP contribution in [0, 0.1) is 11.6 Å². The van der Waals surface area contributed by atoms with E-state index < -0.39 is 23.6 Å². The maximum Gasteiger partial charge on any atom is 0.337 e.